The molecule has 4 rings (SSSR count). The molecule has 0 heterocycles. The van der Waals surface area contributed by atoms with Crippen molar-refractivity contribution in [3.05, 3.63) is 134 Å². The molecule has 0 saturated heterocycles. The second kappa shape index (κ2) is 12.6. The number of nitrogens with zero attached hydrogens (tertiary/aromatic N) is 4. The van der Waals surface area contributed by atoms with Crippen LogP contribution in [0.5, 0.6) is 0 Å². The third kappa shape index (κ3) is 7.36. The minimum atomic E-state index is -0.467. The smallest absolute Gasteiger partial charge is 0.258 e. The Morgan fingerprint density at radius 3 is 1.44 bits per heavy atom. The molecule has 0 spiro atoms. The second-order valence-corrected chi connectivity index (χ2v) is 10.7. The van der Waals surface area contributed by atoms with Crippen molar-refractivity contribution < 1.29 is 9.85 Å². The molecule has 4 aromatic carbocycles. The molecule has 0 aliphatic carbocycles. The SMILES string of the molecule is O=[N+]([O-])c1cc(C=Nc2ccc(Cc3ccc(N=Cc4ccc(Br)c([N+](=O)[O-])c4)c(Cl)c3)cc2Cl)ccc1Br. The summed E-state index contributed by atoms with van der Waals surface area (Å²) < 4.78 is 0.783. The average molecular weight is 691 g/mol. The van der Waals surface area contributed by atoms with Crippen LogP contribution in [0.1, 0.15) is 22.3 Å². The van der Waals surface area contributed by atoms with E-state index in [9.17, 15) is 20.2 Å². The summed E-state index contributed by atoms with van der Waals surface area (Å²) in [7, 11) is 0. The Hall–Kier alpha value is -3.44. The van der Waals surface area contributed by atoms with E-state index >= 15 is 0 Å². The van der Waals surface area contributed by atoms with Gasteiger partial charge in [0, 0.05) is 24.6 Å². The molecule has 0 aliphatic heterocycles. The number of halogens is 4. The van der Waals surface area contributed by atoms with Gasteiger partial charge in [-0.05, 0) is 96.9 Å². The summed E-state index contributed by atoms with van der Waals surface area (Å²) in [6.45, 7) is 0. The van der Waals surface area contributed by atoms with Crippen LogP contribution in [0, 0.1) is 20.2 Å². The summed E-state index contributed by atoms with van der Waals surface area (Å²) in [4.78, 5) is 30.1. The molecular weight excluding hydrogens is 675 g/mol. The lowest BCUT2D eigenvalue weighted by atomic mass is 10.0. The van der Waals surface area contributed by atoms with Crippen LogP contribution in [0.25, 0.3) is 0 Å². The van der Waals surface area contributed by atoms with Gasteiger partial charge in [0.05, 0.1) is 40.2 Å². The van der Waals surface area contributed by atoms with Gasteiger partial charge in [0.1, 0.15) is 0 Å². The van der Waals surface area contributed by atoms with Gasteiger partial charge in [-0.2, -0.15) is 0 Å². The highest BCUT2D eigenvalue weighted by Crippen LogP contribution is 2.31. The Balaban J connectivity index is 1.46. The van der Waals surface area contributed by atoms with E-state index in [1.807, 2.05) is 12.1 Å². The van der Waals surface area contributed by atoms with Crippen molar-refractivity contribution in [3.63, 3.8) is 0 Å². The lowest BCUT2D eigenvalue weighted by molar-refractivity contribution is -0.385. The monoisotopic (exact) mass is 688 g/mol. The highest BCUT2D eigenvalue weighted by Gasteiger charge is 2.13. The van der Waals surface area contributed by atoms with Gasteiger partial charge in [-0.1, -0.05) is 47.5 Å². The fourth-order valence-corrected chi connectivity index (χ4v) is 4.84. The van der Waals surface area contributed by atoms with Crippen LogP contribution in [-0.4, -0.2) is 22.3 Å². The maximum absolute atomic E-state index is 11.1. The number of hydrogen-bond acceptors (Lipinski definition) is 6. The second-order valence-electron chi connectivity index (χ2n) is 8.20. The van der Waals surface area contributed by atoms with E-state index in [0.29, 0.717) is 47.9 Å². The van der Waals surface area contributed by atoms with E-state index in [4.69, 9.17) is 23.2 Å². The first kappa shape index (κ1) is 28.6. The van der Waals surface area contributed by atoms with Crippen LogP contribution in [-0.2, 0) is 6.42 Å². The molecule has 0 fully saturated rings. The van der Waals surface area contributed by atoms with Gasteiger partial charge in [-0.15, -0.1) is 0 Å². The highest BCUT2D eigenvalue weighted by molar-refractivity contribution is 9.11. The number of nitro groups is 2. The molecule has 0 amide bonds. The Kier molecular flexibility index (Phi) is 9.24. The summed E-state index contributed by atoms with van der Waals surface area (Å²) in [6.07, 6.45) is 3.60. The number of hydrogen-bond donors (Lipinski definition) is 0. The molecule has 4 aromatic rings. The zero-order valence-corrected chi connectivity index (χ0v) is 24.4. The van der Waals surface area contributed by atoms with Crippen LogP contribution in [0.15, 0.2) is 91.7 Å². The van der Waals surface area contributed by atoms with Gasteiger partial charge >= 0.3 is 0 Å². The number of nitro benzene ring substituents is 2. The molecule has 0 aromatic heterocycles. The van der Waals surface area contributed by atoms with E-state index < -0.39 is 9.85 Å². The first-order chi connectivity index (χ1) is 18.6. The summed E-state index contributed by atoms with van der Waals surface area (Å²) in [5.41, 5.74) is 3.98. The van der Waals surface area contributed by atoms with Crippen molar-refractivity contribution in [3.8, 4) is 0 Å². The molecule has 8 nitrogen and oxygen atoms in total. The predicted octanol–water partition coefficient (Wildman–Crippen LogP) is 9.43. The summed E-state index contributed by atoms with van der Waals surface area (Å²) in [5.74, 6) is 0. The van der Waals surface area contributed by atoms with Crippen molar-refractivity contribution in [1.29, 1.82) is 0 Å². The topological polar surface area (TPSA) is 111 Å². The standard InChI is InChI=1S/C27H16Br2Cl2N4O4/c28-20-5-1-18(12-26(20)34(36)37)14-32-24-7-3-16(10-22(24)30)9-17-4-8-25(23(31)11-17)33-15-19-2-6-21(29)27(13-19)35(38)39/h1-8,10-15H,9H2. The van der Waals surface area contributed by atoms with Crippen LogP contribution < -0.4 is 0 Å². The molecule has 0 radical (unpaired) electrons. The number of benzene rings is 4. The van der Waals surface area contributed by atoms with E-state index in [1.165, 1.54) is 24.6 Å². The molecule has 0 bridgehead atoms. The predicted molar refractivity (Wildman–Crippen MR) is 162 cm³/mol. The Morgan fingerprint density at radius 1 is 0.667 bits per heavy atom. The number of aliphatic imine (C=N–C) groups is 2. The third-order valence-corrected chi connectivity index (χ3v) is 7.42. The molecule has 0 unspecified atom stereocenters. The van der Waals surface area contributed by atoms with E-state index in [-0.39, 0.29) is 11.4 Å². The molecule has 0 saturated carbocycles. The van der Waals surface area contributed by atoms with Crippen molar-refractivity contribution in [2.75, 3.05) is 0 Å². The quantitative estimate of drug-likeness (QED) is 0.104. The molecule has 0 atom stereocenters. The lowest BCUT2D eigenvalue weighted by Crippen LogP contribution is -1.92. The average Bonchev–Trinajstić information content (AvgIpc) is 2.89. The van der Waals surface area contributed by atoms with Gasteiger partial charge in [0.2, 0.25) is 0 Å². The van der Waals surface area contributed by atoms with Crippen molar-refractivity contribution in [2.24, 2.45) is 9.98 Å². The van der Waals surface area contributed by atoms with Crippen molar-refractivity contribution >= 4 is 90.2 Å². The fraction of sp³-hybridized carbons (Fsp3) is 0.0370. The van der Waals surface area contributed by atoms with Gasteiger partial charge < -0.3 is 0 Å². The van der Waals surface area contributed by atoms with Crippen molar-refractivity contribution in [2.45, 2.75) is 6.42 Å². The van der Waals surface area contributed by atoms with Crippen LogP contribution in [0.4, 0.5) is 22.7 Å². The van der Waals surface area contributed by atoms with Gasteiger partial charge in [-0.3, -0.25) is 30.2 Å². The zero-order chi connectivity index (χ0) is 28.1. The van der Waals surface area contributed by atoms with E-state index in [1.54, 1.807) is 48.5 Å². The van der Waals surface area contributed by atoms with Crippen molar-refractivity contribution in [1.82, 2.24) is 0 Å². The Bertz CT molecular complexity index is 1540. The fourth-order valence-electron chi connectivity index (χ4n) is 3.55. The largest absolute Gasteiger partial charge is 0.284 e. The summed E-state index contributed by atoms with van der Waals surface area (Å²) >= 11 is 19.2. The molecule has 39 heavy (non-hydrogen) atoms. The number of rotatable bonds is 8. The molecule has 12 heteroatoms. The minimum absolute atomic E-state index is 0.0481. The van der Waals surface area contributed by atoms with Gasteiger partial charge in [0.25, 0.3) is 11.4 Å². The molecular formula is C27H16Br2Cl2N4O4. The third-order valence-electron chi connectivity index (χ3n) is 5.47. The first-order valence-corrected chi connectivity index (χ1v) is 13.5. The molecule has 0 aliphatic rings. The highest BCUT2D eigenvalue weighted by atomic mass is 79.9. The van der Waals surface area contributed by atoms with Gasteiger partial charge in [0.15, 0.2) is 0 Å². The van der Waals surface area contributed by atoms with Gasteiger partial charge in [-0.25, -0.2) is 0 Å². The Labute approximate surface area is 249 Å². The van der Waals surface area contributed by atoms with Crippen LogP contribution in [0.3, 0.4) is 0 Å². The van der Waals surface area contributed by atoms with Crippen LogP contribution in [0.2, 0.25) is 10.0 Å². The minimum Gasteiger partial charge on any atom is -0.258 e. The maximum Gasteiger partial charge on any atom is 0.284 e. The first-order valence-electron chi connectivity index (χ1n) is 11.1. The maximum atomic E-state index is 11.1. The summed E-state index contributed by atoms with van der Waals surface area (Å²) in [6, 6.07) is 20.4. The lowest BCUT2D eigenvalue weighted by Gasteiger charge is -2.07. The van der Waals surface area contributed by atoms with E-state index in [0.717, 1.165) is 11.1 Å². The van der Waals surface area contributed by atoms with E-state index in [2.05, 4.69) is 41.8 Å². The van der Waals surface area contributed by atoms with Crippen LogP contribution >= 0.6 is 55.1 Å². The Morgan fingerprint density at radius 2 is 1.08 bits per heavy atom. The molecule has 0 N–H and O–H groups in total. The normalized spacial score (nSPS) is 11.4. The zero-order valence-electron chi connectivity index (χ0n) is 19.7. The summed E-state index contributed by atoms with van der Waals surface area (Å²) in [5, 5.41) is 23.1. The molecule has 196 valence electrons.